The number of fused-ring (bicyclic) bond motifs is 2. The van der Waals surface area contributed by atoms with E-state index in [0.717, 1.165) is 5.56 Å². The Kier molecular flexibility index (Phi) is 5.22. The first-order valence-electron chi connectivity index (χ1n) is 9.79. The first-order chi connectivity index (χ1) is 14.5. The van der Waals surface area contributed by atoms with Crippen LogP contribution in [0.5, 0.6) is 11.5 Å². The zero-order chi connectivity index (χ0) is 21.4. The van der Waals surface area contributed by atoms with E-state index in [0.29, 0.717) is 41.1 Å². The van der Waals surface area contributed by atoms with E-state index in [4.69, 9.17) is 13.9 Å². The summed E-state index contributed by atoms with van der Waals surface area (Å²) in [6.45, 7) is 4.67. The number of ether oxygens (including phenoxy) is 2. The molecule has 1 atom stereocenters. The molecule has 0 unspecified atom stereocenters. The Morgan fingerprint density at radius 1 is 1.17 bits per heavy atom. The van der Waals surface area contributed by atoms with Crippen molar-refractivity contribution in [3.63, 3.8) is 0 Å². The Balaban J connectivity index is 1.95. The fraction of sp³-hybridized carbons (Fsp3) is 0.304. The van der Waals surface area contributed by atoms with E-state index in [2.05, 4.69) is 0 Å². The third-order valence-corrected chi connectivity index (χ3v) is 5.26. The van der Waals surface area contributed by atoms with E-state index in [-0.39, 0.29) is 29.4 Å². The van der Waals surface area contributed by atoms with Crippen molar-refractivity contribution in [1.82, 2.24) is 4.90 Å². The van der Waals surface area contributed by atoms with Crippen LogP contribution in [0.2, 0.25) is 0 Å². The van der Waals surface area contributed by atoms with Crippen LogP contribution in [-0.2, 0) is 4.74 Å². The van der Waals surface area contributed by atoms with Gasteiger partial charge in [-0.25, -0.2) is 0 Å². The minimum Gasteiger partial charge on any atom is -0.504 e. The lowest BCUT2D eigenvalue weighted by molar-refractivity contribution is 0.0663. The molecule has 4 rings (SSSR count). The largest absolute Gasteiger partial charge is 0.504 e. The van der Waals surface area contributed by atoms with Gasteiger partial charge in [-0.05, 0) is 43.7 Å². The van der Waals surface area contributed by atoms with Gasteiger partial charge in [-0.2, -0.15) is 0 Å². The van der Waals surface area contributed by atoms with Crippen molar-refractivity contribution in [1.29, 1.82) is 0 Å². The minimum atomic E-state index is -0.663. The molecule has 0 bridgehead atoms. The number of amides is 1. The number of phenols is 1. The van der Waals surface area contributed by atoms with Gasteiger partial charge in [0, 0.05) is 13.7 Å². The minimum absolute atomic E-state index is 0.00485. The number of aromatic hydroxyl groups is 1. The second-order valence-electron chi connectivity index (χ2n) is 7.23. The molecule has 3 aromatic rings. The van der Waals surface area contributed by atoms with Gasteiger partial charge in [-0.3, -0.25) is 9.59 Å². The molecule has 0 radical (unpaired) electrons. The second-order valence-corrected chi connectivity index (χ2v) is 7.23. The van der Waals surface area contributed by atoms with Crippen LogP contribution >= 0.6 is 0 Å². The lowest BCUT2D eigenvalue weighted by atomic mass is 9.97. The van der Waals surface area contributed by atoms with Gasteiger partial charge >= 0.3 is 0 Å². The van der Waals surface area contributed by atoms with Crippen LogP contribution in [0.15, 0.2) is 45.6 Å². The van der Waals surface area contributed by atoms with Gasteiger partial charge in [0.15, 0.2) is 16.9 Å². The smallest absolute Gasteiger partial charge is 0.290 e. The average Bonchev–Trinajstić information content (AvgIpc) is 3.01. The van der Waals surface area contributed by atoms with E-state index in [9.17, 15) is 14.7 Å². The van der Waals surface area contributed by atoms with E-state index in [1.807, 2.05) is 19.9 Å². The van der Waals surface area contributed by atoms with Crippen LogP contribution in [0.4, 0.5) is 0 Å². The SMILES string of the molecule is CCOc1cc([C@H]2c3c(oc4ccc(C)cc4c3=O)C(=O)N2CCOC)ccc1O. The highest BCUT2D eigenvalue weighted by Gasteiger charge is 2.42. The first-order valence-corrected chi connectivity index (χ1v) is 9.79. The summed E-state index contributed by atoms with van der Waals surface area (Å²) < 4.78 is 16.6. The lowest BCUT2D eigenvalue weighted by Crippen LogP contribution is -2.32. The quantitative estimate of drug-likeness (QED) is 0.671. The third kappa shape index (κ3) is 3.21. The van der Waals surface area contributed by atoms with E-state index in [1.54, 1.807) is 36.3 Å². The normalized spacial score (nSPS) is 15.6. The molecule has 30 heavy (non-hydrogen) atoms. The molecule has 1 aliphatic rings. The Morgan fingerprint density at radius 3 is 2.70 bits per heavy atom. The third-order valence-electron chi connectivity index (χ3n) is 5.26. The van der Waals surface area contributed by atoms with E-state index >= 15 is 0 Å². The van der Waals surface area contributed by atoms with Crippen molar-refractivity contribution in [2.45, 2.75) is 19.9 Å². The number of benzene rings is 2. The molecule has 0 fully saturated rings. The molecule has 1 amide bonds. The zero-order valence-corrected chi connectivity index (χ0v) is 17.1. The molecule has 156 valence electrons. The Labute approximate surface area is 173 Å². The highest BCUT2D eigenvalue weighted by molar-refractivity contribution is 5.99. The molecule has 0 saturated carbocycles. The average molecular weight is 409 g/mol. The van der Waals surface area contributed by atoms with Crippen molar-refractivity contribution < 1.29 is 23.8 Å². The van der Waals surface area contributed by atoms with E-state index < -0.39 is 6.04 Å². The second kappa shape index (κ2) is 7.84. The van der Waals surface area contributed by atoms with Gasteiger partial charge in [0.1, 0.15) is 5.58 Å². The molecule has 0 spiro atoms. The Morgan fingerprint density at radius 2 is 1.97 bits per heavy atom. The van der Waals surface area contributed by atoms with Crippen LogP contribution in [0.25, 0.3) is 11.0 Å². The topological polar surface area (TPSA) is 89.2 Å². The maximum atomic E-state index is 13.4. The lowest BCUT2D eigenvalue weighted by Gasteiger charge is -2.25. The molecule has 7 heteroatoms. The predicted octanol–water partition coefficient (Wildman–Crippen LogP) is 3.40. The van der Waals surface area contributed by atoms with Crippen molar-refractivity contribution in [3.8, 4) is 11.5 Å². The zero-order valence-electron chi connectivity index (χ0n) is 17.1. The Hall–Kier alpha value is -3.32. The molecule has 0 aliphatic carbocycles. The van der Waals surface area contributed by atoms with Gasteiger partial charge < -0.3 is 23.9 Å². The van der Waals surface area contributed by atoms with Crippen LogP contribution in [0, 0.1) is 6.92 Å². The Bertz CT molecular complexity index is 1180. The van der Waals surface area contributed by atoms with Gasteiger partial charge in [0.05, 0.1) is 30.2 Å². The van der Waals surface area contributed by atoms with Crippen LogP contribution in [0.3, 0.4) is 0 Å². The maximum Gasteiger partial charge on any atom is 0.290 e. The predicted molar refractivity (Wildman–Crippen MR) is 111 cm³/mol. The standard InChI is InChI=1S/C23H23NO6/c1-4-29-18-12-14(6-7-16(18)25)20-19-21(26)15-11-13(2)5-8-17(15)30-22(19)23(27)24(20)9-10-28-3/h5-8,11-12,20,25H,4,9-10H2,1-3H3/t20-/m0/s1. The fourth-order valence-corrected chi connectivity index (χ4v) is 3.87. The first kappa shape index (κ1) is 20.0. The van der Waals surface area contributed by atoms with Gasteiger partial charge in [-0.15, -0.1) is 0 Å². The number of aryl methyl sites for hydroxylation is 1. The summed E-state index contributed by atoms with van der Waals surface area (Å²) in [4.78, 5) is 28.2. The molecular formula is C23H23NO6. The summed E-state index contributed by atoms with van der Waals surface area (Å²) in [6.07, 6.45) is 0. The van der Waals surface area contributed by atoms with Crippen molar-refractivity contribution in [3.05, 3.63) is 69.1 Å². The summed E-state index contributed by atoms with van der Waals surface area (Å²) in [6, 6.07) is 9.50. The molecule has 1 N–H and O–H groups in total. The van der Waals surface area contributed by atoms with Gasteiger partial charge in [-0.1, -0.05) is 17.7 Å². The van der Waals surface area contributed by atoms with Crippen LogP contribution in [-0.4, -0.2) is 42.8 Å². The van der Waals surface area contributed by atoms with Crippen molar-refractivity contribution in [2.24, 2.45) is 0 Å². The summed E-state index contributed by atoms with van der Waals surface area (Å²) in [5, 5.41) is 10.5. The molecule has 2 aromatic carbocycles. The maximum absolute atomic E-state index is 13.4. The van der Waals surface area contributed by atoms with Gasteiger partial charge in [0.25, 0.3) is 5.91 Å². The number of carbonyl (C=O) groups excluding carboxylic acids is 1. The molecule has 2 heterocycles. The van der Waals surface area contributed by atoms with Crippen LogP contribution < -0.4 is 10.2 Å². The van der Waals surface area contributed by atoms with Gasteiger partial charge in [0.2, 0.25) is 5.76 Å². The molecular weight excluding hydrogens is 386 g/mol. The number of nitrogens with zero attached hydrogens (tertiary/aromatic N) is 1. The number of methoxy groups -OCH3 is 1. The summed E-state index contributed by atoms with van der Waals surface area (Å²) in [5.74, 6) is -0.0282. The molecule has 0 saturated heterocycles. The van der Waals surface area contributed by atoms with E-state index in [1.165, 1.54) is 6.07 Å². The fourth-order valence-electron chi connectivity index (χ4n) is 3.87. The van der Waals surface area contributed by atoms with Crippen LogP contribution in [0.1, 0.15) is 40.2 Å². The highest BCUT2D eigenvalue weighted by atomic mass is 16.5. The number of rotatable bonds is 6. The highest BCUT2D eigenvalue weighted by Crippen LogP contribution is 2.40. The molecule has 1 aliphatic heterocycles. The molecule has 1 aromatic heterocycles. The number of phenolic OH excluding ortho intramolecular Hbond substituents is 1. The molecule has 7 nitrogen and oxygen atoms in total. The summed E-state index contributed by atoms with van der Waals surface area (Å²) in [5.41, 5.74) is 2.02. The summed E-state index contributed by atoms with van der Waals surface area (Å²) >= 11 is 0. The monoisotopic (exact) mass is 409 g/mol. The number of hydrogen-bond acceptors (Lipinski definition) is 6. The number of carbonyl (C=O) groups is 1. The van der Waals surface area contributed by atoms with Crippen molar-refractivity contribution >= 4 is 16.9 Å². The number of hydrogen-bond donors (Lipinski definition) is 1. The summed E-state index contributed by atoms with van der Waals surface area (Å²) in [7, 11) is 1.55. The van der Waals surface area contributed by atoms with Crippen molar-refractivity contribution in [2.75, 3.05) is 26.9 Å².